The molecule has 0 bridgehead atoms. The van der Waals surface area contributed by atoms with E-state index in [0.717, 1.165) is 5.56 Å². The highest BCUT2D eigenvalue weighted by Crippen LogP contribution is 2.12. The standard InChI is InChI=1S/C15H14ClN3O2/c1-10(20)19-12-6-4-11(5-7-12)9-18-15(21)13-3-2-8-17-14(13)16/h2-8H,9H2,1H3,(H,18,21)(H,19,20). The Bertz CT molecular complexity index is 656. The zero-order chi connectivity index (χ0) is 15.2. The van der Waals surface area contributed by atoms with E-state index < -0.39 is 0 Å². The minimum absolute atomic E-state index is 0.123. The molecule has 2 N–H and O–H groups in total. The lowest BCUT2D eigenvalue weighted by atomic mass is 10.2. The van der Waals surface area contributed by atoms with E-state index in [-0.39, 0.29) is 17.0 Å². The second kappa shape index (κ2) is 6.85. The predicted molar refractivity (Wildman–Crippen MR) is 81.2 cm³/mol. The van der Waals surface area contributed by atoms with Crippen LogP contribution in [0, 0.1) is 0 Å². The molecular weight excluding hydrogens is 290 g/mol. The van der Waals surface area contributed by atoms with Crippen molar-refractivity contribution in [1.29, 1.82) is 0 Å². The Hall–Kier alpha value is -2.40. The van der Waals surface area contributed by atoms with Gasteiger partial charge in [0.05, 0.1) is 5.56 Å². The van der Waals surface area contributed by atoms with Gasteiger partial charge >= 0.3 is 0 Å². The molecule has 6 heteroatoms. The first-order valence-electron chi connectivity index (χ1n) is 6.31. The fraction of sp³-hybridized carbons (Fsp3) is 0.133. The molecule has 1 aromatic carbocycles. The molecular formula is C15H14ClN3O2. The van der Waals surface area contributed by atoms with Crippen LogP contribution in [-0.4, -0.2) is 16.8 Å². The third kappa shape index (κ3) is 4.29. The van der Waals surface area contributed by atoms with Gasteiger partial charge in [0.15, 0.2) is 0 Å². The maximum absolute atomic E-state index is 12.0. The first kappa shape index (κ1) is 15.0. The smallest absolute Gasteiger partial charge is 0.254 e. The van der Waals surface area contributed by atoms with E-state index in [2.05, 4.69) is 15.6 Å². The predicted octanol–water partition coefficient (Wildman–Crippen LogP) is 2.62. The van der Waals surface area contributed by atoms with Crippen LogP contribution >= 0.6 is 11.6 Å². The molecule has 0 fully saturated rings. The summed E-state index contributed by atoms with van der Waals surface area (Å²) in [4.78, 5) is 26.7. The quantitative estimate of drug-likeness (QED) is 0.853. The number of amides is 2. The summed E-state index contributed by atoms with van der Waals surface area (Å²) in [5.74, 6) is -0.402. The number of aromatic nitrogens is 1. The molecule has 21 heavy (non-hydrogen) atoms. The molecule has 108 valence electrons. The van der Waals surface area contributed by atoms with Crippen molar-refractivity contribution in [2.45, 2.75) is 13.5 Å². The van der Waals surface area contributed by atoms with Crippen LogP contribution < -0.4 is 10.6 Å². The van der Waals surface area contributed by atoms with Gasteiger partial charge in [-0.15, -0.1) is 0 Å². The number of hydrogen-bond acceptors (Lipinski definition) is 3. The number of anilines is 1. The maximum Gasteiger partial charge on any atom is 0.254 e. The SMILES string of the molecule is CC(=O)Nc1ccc(CNC(=O)c2cccnc2Cl)cc1. The number of benzene rings is 1. The van der Waals surface area contributed by atoms with Gasteiger partial charge in [-0.3, -0.25) is 9.59 Å². The summed E-state index contributed by atoms with van der Waals surface area (Å²) in [6.07, 6.45) is 1.53. The van der Waals surface area contributed by atoms with E-state index in [0.29, 0.717) is 17.8 Å². The van der Waals surface area contributed by atoms with E-state index in [1.54, 1.807) is 24.3 Å². The normalized spacial score (nSPS) is 10.0. The highest BCUT2D eigenvalue weighted by Gasteiger charge is 2.09. The first-order valence-corrected chi connectivity index (χ1v) is 6.69. The topological polar surface area (TPSA) is 71.1 Å². The lowest BCUT2D eigenvalue weighted by Gasteiger charge is -2.07. The second-order valence-corrected chi connectivity index (χ2v) is 4.76. The summed E-state index contributed by atoms with van der Waals surface area (Å²) in [6.45, 7) is 1.82. The van der Waals surface area contributed by atoms with Crippen LogP contribution in [0.3, 0.4) is 0 Å². The minimum Gasteiger partial charge on any atom is -0.348 e. The van der Waals surface area contributed by atoms with Gasteiger partial charge in [0, 0.05) is 25.4 Å². The van der Waals surface area contributed by atoms with Crippen molar-refractivity contribution in [3.63, 3.8) is 0 Å². The zero-order valence-corrected chi connectivity index (χ0v) is 12.1. The Morgan fingerprint density at radius 3 is 2.52 bits per heavy atom. The van der Waals surface area contributed by atoms with Gasteiger partial charge in [0.2, 0.25) is 5.91 Å². The summed E-state index contributed by atoms with van der Waals surface area (Å²) < 4.78 is 0. The van der Waals surface area contributed by atoms with E-state index in [4.69, 9.17) is 11.6 Å². The molecule has 2 aromatic rings. The van der Waals surface area contributed by atoms with Crippen molar-refractivity contribution in [2.24, 2.45) is 0 Å². The number of halogens is 1. The second-order valence-electron chi connectivity index (χ2n) is 4.40. The third-order valence-electron chi connectivity index (χ3n) is 2.73. The fourth-order valence-corrected chi connectivity index (χ4v) is 1.95. The van der Waals surface area contributed by atoms with Gasteiger partial charge in [-0.1, -0.05) is 23.7 Å². The van der Waals surface area contributed by atoms with Gasteiger partial charge < -0.3 is 10.6 Å². The number of carbonyl (C=O) groups excluding carboxylic acids is 2. The Balaban J connectivity index is 1.95. The molecule has 2 rings (SSSR count). The Kier molecular flexibility index (Phi) is 4.90. The number of pyridine rings is 1. The molecule has 0 atom stereocenters. The molecule has 0 aliphatic heterocycles. The number of rotatable bonds is 4. The lowest BCUT2D eigenvalue weighted by molar-refractivity contribution is -0.114. The molecule has 0 aliphatic carbocycles. The van der Waals surface area contributed by atoms with E-state index >= 15 is 0 Å². The van der Waals surface area contributed by atoms with Crippen molar-refractivity contribution >= 4 is 29.1 Å². The highest BCUT2D eigenvalue weighted by molar-refractivity contribution is 6.32. The van der Waals surface area contributed by atoms with Gasteiger partial charge in [-0.05, 0) is 29.8 Å². The Morgan fingerprint density at radius 2 is 1.90 bits per heavy atom. The number of carbonyl (C=O) groups is 2. The molecule has 0 saturated heterocycles. The number of hydrogen-bond donors (Lipinski definition) is 2. The van der Waals surface area contributed by atoms with Crippen molar-refractivity contribution in [3.8, 4) is 0 Å². The van der Waals surface area contributed by atoms with Crippen LogP contribution in [0.15, 0.2) is 42.6 Å². The monoisotopic (exact) mass is 303 g/mol. The largest absolute Gasteiger partial charge is 0.348 e. The minimum atomic E-state index is -0.279. The average Bonchev–Trinajstić information content (AvgIpc) is 2.46. The molecule has 2 amide bonds. The molecule has 0 spiro atoms. The maximum atomic E-state index is 12.0. The highest BCUT2D eigenvalue weighted by atomic mass is 35.5. The van der Waals surface area contributed by atoms with Crippen molar-refractivity contribution in [1.82, 2.24) is 10.3 Å². The molecule has 0 aliphatic rings. The van der Waals surface area contributed by atoms with Crippen molar-refractivity contribution in [3.05, 3.63) is 58.9 Å². The van der Waals surface area contributed by atoms with E-state index in [1.807, 2.05) is 12.1 Å². The van der Waals surface area contributed by atoms with Crippen LogP contribution in [-0.2, 0) is 11.3 Å². The van der Waals surface area contributed by atoms with E-state index in [9.17, 15) is 9.59 Å². The molecule has 1 aromatic heterocycles. The van der Waals surface area contributed by atoms with Gasteiger partial charge in [-0.25, -0.2) is 4.98 Å². The molecule has 0 saturated carbocycles. The fourth-order valence-electron chi connectivity index (χ4n) is 1.74. The Labute approximate surface area is 127 Å². The van der Waals surface area contributed by atoms with E-state index in [1.165, 1.54) is 13.1 Å². The summed E-state index contributed by atoms with van der Waals surface area (Å²) in [5.41, 5.74) is 1.97. The van der Waals surface area contributed by atoms with Gasteiger partial charge in [-0.2, -0.15) is 0 Å². The lowest BCUT2D eigenvalue weighted by Crippen LogP contribution is -2.23. The molecule has 5 nitrogen and oxygen atoms in total. The summed E-state index contributed by atoms with van der Waals surface area (Å²) in [7, 11) is 0. The van der Waals surface area contributed by atoms with Crippen LogP contribution in [0.4, 0.5) is 5.69 Å². The van der Waals surface area contributed by atoms with Crippen molar-refractivity contribution < 1.29 is 9.59 Å². The Morgan fingerprint density at radius 1 is 1.19 bits per heavy atom. The zero-order valence-electron chi connectivity index (χ0n) is 11.4. The van der Waals surface area contributed by atoms with Crippen LogP contribution in [0.1, 0.15) is 22.8 Å². The third-order valence-corrected chi connectivity index (χ3v) is 3.03. The van der Waals surface area contributed by atoms with Crippen LogP contribution in [0.5, 0.6) is 0 Å². The molecule has 0 radical (unpaired) electrons. The van der Waals surface area contributed by atoms with Crippen molar-refractivity contribution in [2.75, 3.05) is 5.32 Å². The van der Waals surface area contributed by atoms with Gasteiger partial charge in [0.1, 0.15) is 5.15 Å². The van der Waals surface area contributed by atoms with Gasteiger partial charge in [0.25, 0.3) is 5.91 Å². The summed E-state index contributed by atoms with van der Waals surface area (Å²) in [6, 6.07) is 10.5. The average molecular weight is 304 g/mol. The molecule has 1 heterocycles. The summed E-state index contributed by atoms with van der Waals surface area (Å²) >= 11 is 5.86. The first-order chi connectivity index (χ1) is 10.1. The summed E-state index contributed by atoms with van der Waals surface area (Å²) in [5, 5.41) is 5.62. The molecule has 0 unspecified atom stereocenters. The number of nitrogens with one attached hydrogen (secondary N) is 2. The van der Waals surface area contributed by atoms with Crippen LogP contribution in [0.25, 0.3) is 0 Å². The van der Waals surface area contributed by atoms with Crippen LogP contribution in [0.2, 0.25) is 5.15 Å². The number of nitrogens with zero attached hydrogens (tertiary/aromatic N) is 1.